The second-order valence-corrected chi connectivity index (χ2v) is 9.72. The topological polar surface area (TPSA) is 60.3 Å². The number of hydrogen-bond donors (Lipinski definition) is 1. The number of halogens is 1. The quantitative estimate of drug-likeness (QED) is 0.393. The highest BCUT2D eigenvalue weighted by Gasteiger charge is 2.17. The van der Waals surface area contributed by atoms with E-state index in [-0.39, 0.29) is 13.2 Å². The van der Waals surface area contributed by atoms with Crippen molar-refractivity contribution in [2.45, 2.75) is 27.1 Å². The Morgan fingerprint density at radius 3 is 2.47 bits per heavy atom. The number of benzene rings is 3. The van der Waals surface area contributed by atoms with Gasteiger partial charge in [0.25, 0.3) is 0 Å². The van der Waals surface area contributed by atoms with Gasteiger partial charge in [0.15, 0.2) is 0 Å². The Morgan fingerprint density at radius 1 is 0.938 bits per heavy atom. The van der Waals surface area contributed by atoms with Gasteiger partial charge in [0.2, 0.25) is 10.0 Å². The maximum Gasteiger partial charge on any atom is 0.236 e. The van der Waals surface area contributed by atoms with Crippen LogP contribution < -0.4 is 5.32 Å². The first kappa shape index (κ1) is 22.0. The lowest BCUT2D eigenvalue weighted by molar-refractivity contribution is 0.105. The molecule has 0 fully saturated rings. The van der Waals surface area contributed by atoms with E-state index in [4.69, 9.17) is 4.74 Å². The Morgan fingerprint density at radius 2 is 1.69 bits per heavy atom. The zero-order chi connectivity index (χ0) is 22.9. The van der Waals surface area contributed by atoms with Crippen LogP contribution >= 0.6 is 0 Å². The molecule has 1 N–H and O–H groups in total. The largest absolute Gasteiger partial charge is 0.370 e. The molecule has 0 aliphatic carbocycles. The zero-order valence-corrected chi connectivity index (χ0v) is 19.0. The van der Waals surface area contributed by atoms with Crippen molar-refractivity contribution in [2.24, 2.45) is 0 Å². The number of fused-ring (bicyclic) bond motifs is 1. The predicted octanol–water partition coefficient (Wildman–Crippen LogP) is 5.67. The zero-order valence-electron chi connectivity index (χ0n) is 18.2. The Labute approximate surface area is 187 Å². The molecule has 0 aliphatic heterocycles. The second kappa shape index (κ2) is 8.76. The molecule has 4 aromatic rings. The molecule has 32 heavy (non-hydrogen) atoms. The number of aromatic nitrogens is 1. The van der Waals surface area contributed by atoms with Crippen molar-refractivity contribution < 1.29 is 17.5 Å². The van der Waals surface area contributed by atoms with Gasteiger partial charge in [-0.3, -0.25) is 0 Å². The molecule has 166 valence electrons. The summed E-state index contributed by atoms with van der Waals surface area (Å²) in [6, 6.07) is 19.6. The summed E-state index contributed by atoms with van der Waals surface area (Å²) in [6.45, 7) is 4.50. The van der Waals surface area contributed by atoms with Gasteiger partial charge in [0.05, 0.1) is 30.7 Å². The first-order chi connectivity index (χ1) is 15.2. The molecule has 0 radical (unpaired) electrons. The molecule has 0 amide bonds. The van der Waals surface area contributed by atoms with Gasteiger partial charge in [0.1, 0.15) is 5.82 Å². The van der Waals surface area contributed by atoms with Crippen LogP contribution in [0.25, 0.3) is 10.9 Å². The number of para-hydroxylation sites is 1. The van der Waals surface area contributed by atoms with Gasteiger partial charge in [-0.05, 0) is 61.4 Å². The molecule has 1 aromatic heterocycles. The van der Waals surface area contributed by atoms with Crippen LogP contribution in [0.1, 0.15) is 22.4 Å². The van der Waals surface area contributed by atoms with Crippen LogP contribution in [0.2, 0.25) is 0 Å². The van der Waals surface area contributed by atoms with Gasteiger partial charge in [-0.1, -0.05) is 30.3 Å². The SMILES string of the molecule is Cc1cccc(Nc2ccccc2COCc2cc3cc(F)ccc3n2S(C)(=O)=O)c1C. The smallest absolute Gasteiger partial charge is 0.236 e. The maximum atomic E-state index is 13.6. The van der Waals surface area contributed by atoms with Gasteiger partial charge in [-0.15, -0.1) is 0 Å². The third-order valence-corrected chi connectivity index (χ3v) is 6.62. The highest BCUT2D eigenvalue weighted by atomic mass is 32.2. The number of nitrogens with one attached hydrogen (secondary N) is 1. The lowest BCUT2D eigenvalue weighted by Gasteiger charge is -2.15. The van der Waals surface area contributed by atoms with E-state index < -0.39 is 15.8 Å². The van der Waals surface area contributed by atoms with E-state index in [1.165, 1.54) is 33.3 Å². The summed E-state index contributed by atoms with van der Waals surface area (Å²) in [5.41, 5.74) is 6.16. The van der Waals surface area contributed by atoms with Crippen LogP contribution in [0.4, 0.5) is 15.8 Å². The highest BCUT2D eigenvalue weighted by Crippen LogP contribution is 2.27. The third-order valence-electron chi connectivity index (χ3n) is 5.52. The van der Waals surface area contributed by atoms with Crippen LogP contribution in [0, 0.1) is 19.7 Å². The number of aryl methyl sites for hydroxylation is 1. The molecular formula is C25H25FN2O3S. The molecule has 0 unspecified atom stereocenters. The van der Waals surface area contributed by atoms with E-state index in [1.54, 1.807) is 6.07 Å². The Kier molecular flexibility index (Phi) is 6.04. The van der Waals surface area contributed by atoms with Crippen molar-refractivity contribution in [2.75, 3.05) is 11.6 Å². The van der Waals surface area contributed by atoms with E-state index in [2.05, 4.69) is 25.2 Å². The molecule has 0 saturated heterocycles. The van der Waals surface area contributed by atoms with Gasteiger partial charge >= 0.3 is 0 Å². The minimum atomic E-state index is -3.58. The minimum Gasteiger partial charge on any atom is -0.370 e. The summed E-state index contributed by atoms with van der Waals surface area (Å²) in [5, 5.41) is 3.99. The van der Waals surface area contributed by atoms with Gasteiger partial charge in [0, 0.05) is 22.3 Å². The van der Waals surface area contributed by atoms with Crippen molar-refractivity contribution in [1.29, 1.82) is 0 Å². The van der Waals surface area contributed by atoms with Crippen molar-refractivity contribution >= 4 is 32.3 Å². The second-order valence-electron chi connectivity index (χ2n) is 7.89. The summed E-state index contributed by atoms with van der Waals surface area (Å²) in [4.78, 5) is 0. The summed E-state index contributed by atoms with van der Waals surface area (Å²) >= 11 is 0. The fourth-order valence-corrected chi connectivity index (χ4v) is 4.83. The van der Waals surface area contributed by atoms with E-state index in [9.17, 15) is 12.8 Å². The maximum absolute atomic E-state index is 13.6. The molecule has 4 rings (SSSR count). The van der Waals surface area contributed by atoms with Gasteiger partial charge in [-0.25, -0.2) is 16.8 Å². The van der Waals surface area contributed by atoms with Crippen molar-refractivity contribution in [1.82, 2.24) is 3.97 Å². The lowest BCUT2D eigenvalue weighted by atomic mass is 10.1. The van der Waals surface area contributed by atoms with Crippen LogP contribution in [0.3, 0.4) is 0 Å². The molecule has 3 aromatic carbocycles. The first-order valence-corrected chi connectivity index (χ1v) is 12.1. The van der Waals surface area contributed by atoms with Gasteiger partial charge in [-0.2, -0.15) is 0 Å². The monoisotopic (exact) mass is 452 g/mol. The molecule has 0 bridgehead atoms. The molecule has 0 atom stereocenters. The molecular weight excluding hydrogens is 427 g/mol. The van der Waals surface area contributed by atoms with Crippen LogP contribution in [0.5, 0.6) is 0 Å². The lowest BCUT2D eigenvalue weighted by Crippen LogP contribution is -2.14. The minimum absolute atomic E-state index is 0.0706. The van der Waals surface area contributed by atoms with Gasteiger partial charge < -0.3 is 10.1 Å². The Balaban J connectivity index is 1.56. The fourth-order valence-electron chi connectivity index (χ4n) is 3.78. The Hall–Kier alpha value is -3.16. The van der Waals surface area contributed by atoms with E-state index in [0.717, 1.165) is 23.2 Å². The summed E-state index contributed by atoms with van der Waals surface area (Å²) in [6.07, 6.45) is 1.13. The van der Waals surface area contributed by atoms with E-state index in [1.807, 2.05) is 36.4 Å². The number of rotatable bonds is 7. The van der Waals surface area contributed by atoms with Crippen LogP contribution in [-0.4, -0.2) is 18.6 Å². The molecule has 1 heterocycles. The molecule has 5 nitrogen and oxygen atoms in total. The third kappa shape index (κ3) is 4.54. The van der Waals surface area contributed by atoms with Crippen LogP contribution in [-0.2, 0) is 28.0 Å². The number of hydrogen-bond acceptors (Lipinski definition) is 4. The number of nitrogens with zero attached hydrogens (tertiary/aromatic N) is 1. The van der Waals surface area contributed by atoms with Crippen molar-refractivity contribution in [3.05, 3.63) is 94.9 Å². The molecule has 0 spiro atoms. The Bertz CT molecular complexity index is 1390. The summed E-state index contributed by atoms with van der Waals surface area (Å²) in [5.74, 6) is -0.415. The molecule has 0 aliphatic rings. The summed E-state index contributed by atoms with van der Waals surface area (Å²) < 4.78 is 45.5. The van der Waals surface area contributed by atoms with E-state index >= 15 is 0 Å². The first-order valence-electron chi connectivity index (χ1n) is 10.2. The van der Waals surface area contributed by atoms with Crippen molar-refractivity contribution in [3.8, 4) is 0 Å². The highest BCUT2D eigenvalue weighted by molar-refractivity contribution is 7.89. The number of anilines is 2. The number of ether oxygens (including phenoxy) is 1. The molecule has 0 saturated carbocycles. The van der Waals surface area contributed by atoms with Crippen molar-refractivity contribution in [3.63, 3.8) is 0 Å². The predicted molar refractivity (Wildman–Crippen MR) is 126 cm³/mol. The fraction of sp³-hybridized carbons (Fsp3) is 0.200. The average molecular weight is 453 g/mol. The molecule has 7 heteroatoms. The standard InChI is InChI=1S/C25H25FN2O3S/c1-17-7-6-10-23(18(17)2)27-24-9-5-4-8-19(24)15-31-16-22-14-20-13-21(26)11-12-25(20)28(22)32(3,29)30/h4-14,27H,15-16H2,1-3H3. The average Bonchev–Trinajstić information content (AvgIpc) is 3.10. The van der Waals surface area contributed by atoms with Crippen LogP contribution in [0.15, 0.2) is 66.7 Å². The normalized spacial score (nSPS) is 11.8. The van der Waals surface area contributed by atoms with E-state index in [0.29, 0.717) is 16.6 Å². The summed E-state index contributed by atoms with van der Waals surface area (Å²) in [7, 11) is -3.58.